The van der Waals surface area contributed by atoms with Crippen LogP contribution in [0, 0.1) is 6.92 Å². The fourth-order valence-electron chi connectivity index (χ4n) is 3.02. The molecule has 1 aliphatic rings. The molecule has 9 nitrogen and oxygen atoms in total. The summed E-state index contributed by atoms with van der Waals surface area (Å²) >= 11 is 0. The highest BCUT2D eigenvalue weighted by Gasteiger charge is 2.33. The normalized spacial score (nSPS) is 16.4. The van der Waals surface area contributed by atoms with Crippen molar-refractivity contribution in [3.8, 4) is 5.75 Å². The molecule has 9 heteroatoms. The molecule has 0 bridgehead atoms. The number of nitrogens with zero attached hydrogens (tertiary/aromatic N) is 6. The van der Waals surface area contributed by atoms with E-state index in [1.54, 1.807) is 30.3 Å². The van der Waals surface area contributed by atoms with E-state index in [0.717, 1.165) is 11.6 Å². The molecule has 1 atom stereocenters. The first kappa shape index (κ1) is 16.2. The Hall–Kier alpha value is -3.23. The van der Waals surface area contributed by atoms with Crippen LogP contribution in [0.5, 0.6) is 5.75 Å². The molecule has 0 saturated carbocycles. The first-order valence-corrected chi connectivity index (χ1v) is 8.32. The predicted octanol–water partition coefficient (Wildman–Crippen LogP) is 1.77. The number of hydrogen-bond acceptors (Lipinski definition) is 7. The number of carbonyl (C=O) groups is 1. The lowest BCUT2D eigenvalue weighted by atomic mass is 10.2. The third kappa shape index (κ3) is 2.92. The van der Waals surface area contributed by atoms with Crippen LogP contribution < -0.4 is 4.74 Å². The Morgan fingerprint density at radius 3 is 3.00 bits per heavy atom. The number of amides is 1. The number of aryl methyl sites for hydroxylation is 1. The third-order valence-electron chi connectivity index (χ3n) is 4.37. The minimum Gasteiger partial charge on any atom is -0.484 e. The van der Waals surface area contributed by atoms with Crippen LogP contribution in [0.15, 0.2) is 35.1 Å². The number of pyridine rings is 1. The summed E-state index contributed by atoms with van der Waals surface area (Å²) in [7, 11) is 0. The number of ether oxygens (including phenoxy) is 1. The number of aromatic nitrogens is 5. The summed E-state index contributed by atoms with van der Waals surface area (Å²) in [5.41, 5.74) is 0.308. The summed E-state index contributed by atoms with van der Waals surface area (Å²) in [6, 6.07) is 5.07. The fourth-order valence-corrected chi connectivity index (χ4v) is 3.02. The van der Waals surface area contributed by atoms with E-state index in [4.69, 9.17) is 9.26 Å². The van der Waals surface area contributed by atoms with Crippen molar-refractivity contribution in [2.45, 2.75) is 33.0 Å². The van der Waals surface area contributed by atoms with Gasteiger partial charge in [0.1, 0.15) is 18.1 Å². The summed E-state index contributed by atoms with van der Waals surface area (Å²) in [5, 5.41) is 12.3. The SMILES string of the molecule is Cc1cc(C(=O)N2CCn3c(COc4cccnc4)nnc3C2C)no1. The molecule has 1 aliphatic heterocycles. The number of rotatable bonds is 4. The second kappa shape index (κ2) is 6.58. The van der Waals surface area contributed by atoms with Crippen LogP contribution in [0.2, 0.25) is 0 Å². The summed E-state index contributed by atoms with van der Waals surface area (Å²) in [5.74, 6) is 2.56. The second-order valence-corrected chi connectivity index (χ2v) is 6.10. The Labute approximate surface area is 149 Å². The van der Waals surface area contributed by atoms with Crippen molar-refractivity contribution in [1.29, 1.82) is 0 Å². The van der Waals surface area contributed by atoms with E-state index in [1.807, 2.05) is 23.6 Å². The summed E-state index contributed by atoms with van der Waals surface area (Å²) in [4.78, 5) is 18.4. The van der Waals surface area contributed by atoms with Gasteiger partial charge >= 0.3 is 0 Å². The van der Waals surface area contributed by atoms with Crippen molar-refractivity contribution in [2.24, 2.45) is 0 Å². The minimum atomic E-state index is -0.215. The maximum absolute atomic E-state index is 12.7. The standard InChI is InChI=1S/C17H18N6O3/c1-11-8-14(21-26-11)17(24)22-6-7-23-15(19-20-16(23)12(22)2)10-25-13-4-3-5-18-9-13/h3-5,8-9,12H,6-7,10H2,1-2H3. The summed E-state index contributed by atoms with van der Waals surface area (Å²) in [6.45, 7) is 5.12. The average molecular weight is 354 g/mol. The highest BCUT2D eigenvalue weighted by molar-refractivity contribution is 5.92. The predicted molar refractivity (Wildman–Crippen MR) is 89.3 cm³/mol. The van der Waals surface area contributed by atoms with Crippen LogP contribution in [0.25, 0.3) is 0 Å². The van der Waals surface area contributed by atoms with Crippen LogP contribution in [-0.2, 0) is 13.2 Å². The van der Waals surface area contributed by atoms with Gasteiger partial charge in [0, 0.05) is 25.4 Å². The van der Waals surface area contributed by atoms with Gasteiger partial charge in [0.15, 0.2) is 17.3 Å². The first-order valence-electron chi connectivity index (χ1n) is 8.32. The zero-order chi connectivity index (χ0) is 18.1. The van der Waals surface area contributed by atoms with E-state index in [0.29, 0.717) is 36.9 Å². The third-order valence-corrected chi connectivity index (χ3v) is 4.37. The first-order chi connectivity index (χ1) is 12.6. The van der Waals surface area contributed by atoms with Crippen LogP contribution in [0.4, 0.5) is 0 Å². The molecule has 0 spiro atoms. The average Bonchev–Trinajstić information content (AvgIpc) is 3.27. The molecule has 4 heterocycles. The fraction of sp³-hybridized carbons (Fsp3) is 0.353. The topological polar surface area (TPSA) is 99.2 Å². The van der Waals surface area contributed by atoms with Gasteiger partial charge in [0.05, 0.1) is 12.2 Å². The molecular weight excluding hydrogens is 336 g/mol. The van der Waals surface area contributed by atoms with E-state index >= 15 is 0 Å². The molecule has 0 fully saturated rings. The molecule has 3 aromatic heterocycles. The second-order valence-electron chi connectivity index (χ2n) is 6.10. The van der Waals surface area contributed by atoms with E-state index in [2.05, 4.69) is 20.3 Å². The van der Waals surface area contributed by atoms with Crippen LogP contribution in [0.3, 0.4) is 0 Å². The lowest BCUT2D eigenvalue weighted by Gasteiger charge is -2.33. The van der Waals surface area contributed by atoms with Crippen LogP contribution in [0.1, 0.15) is 40.9 Å². The smallest absolute Gasteiger partial charge is 0.276 e. The Balaban J connectivity index is 1.50. The maximum atomic E-state index is 12.7. The van der Waals surface area contributed by atoms with Gasteiger partial charge in [0.25, 0.3) is 5.91 Å². The van der Waals surface area contributed by atoms with Crippen molar-refractivity contribution in [3.05, 3.63) is 53.7 Å². The van der Waals surface area contributed by atoms with Crippen molar-refractivity contribution in [1.82, 2.24) is 29.8 Å². The van der Waals surface area contributed by atoms with Crippen LogP contribution >= 0.6 is 0 Å². The molecule has 0 aliphatic carbocycles. The van der Waals surface area contributed by atoms with Gasteiger partial charge in [0.2, 0.25) is 0 Å². The van der Waals surface area contributed by atoms with Crippen molar-refractivity contribution in [2.75, 3.05) is 6.54 Å². The van der Waals surface area contributed by atoms with Crippen molar-refractivity contribution >= 4 is 5.91 Å². The Bertz CT molecular complexity index is 920. The van der Waals surface area contributed by atoms with Gasteiger partial charge in [-0.1, -0.05) is 5.16 Å². The van der Waals surface area contributed by atoms with E-state index in [1.165, 1.54) is 0 Å². The van der Waals surface area contributed by atoms with Crippen molar-refractivity contribution < 1.29 is 14.1 Å². The molecule has 4 rings (SSSR count). The van der Waals surface area contributed by atoms with E-state index < -0.39 is 0 Å². The molecule has 26 heavy (non-hydrogen) atoms. The molecule has 0 saturated heterocycles. The molecule has 0 N–H and O–H groups in total. The molecule has 3 aromatic rings. The van der Waals surface area contributed by atoms with Crippen molar-refractivity contribution in [3.63, 3.8) is 0 Å². The summed E-state index contributed by atoms with van der Waals surface area (Å²) < 4.78 is 12.7. The Kier molecular flexibility index (Phi) is 4.11. The largest absolute Gasteiger partial charge is 0.484 e. The molecule has 1 unspecified atom stereocenters. The molecule has 134 valence electrons. The molecule has 0 aromatic carbocycles. The summed E-state index contributed by atoms with van der Waals surface area (Å²) in [6.07, 6.45) is 3.34. The minimum absolute atomic E-state index is 0.170. The van der Waals surface area contributed by atoms with Gasteiger partial charge in [-0.3, -0.25) is 9.78 Å². The zero-order valence-electron chi connectivity index (χ0n) is 14.5. The molecule has 0 radical (unpaired) electrons. The monoisotopic (exact) mass is 354 g/mol. The Morgan fingerprint density at radius 1 is 1.38 bits per heavy atom. The highest BCUT2D eigenvalue weighted by atomic mass is 16.5. The van der Waals surface area contributed by atoms with Gasteiger partial charge in [-0.2, -0.15) is 0 Å². The van der Waals surface area contributed by atoms with Gasteiger partial charge in [-0.25, -0.2) is 0 Å². The Morgan fingerprint density at radius 2 is 2.27 bits per heavy atom. The lowest BCUT2D eigenvalue weighted by molar-refractivity contribution is 0.0624. The van der Waals surface area contributed by atoms with Gasteiger partial charge in [-0.05, 0) is 26.0 Å². The number of hydrogen-bond donors (Lipinski definition) is 0. The maximum Gasteiger partial charge on any atom is 0.276 e. The molecular formula is C17H18N6O3. The van der Waals surface area contributed by atoms with E-state index in [9.17, 15) is 4.79 Å². The van der Waals surface area contributed by atoms with E-state index in [-0.39, 0.29) is 11.9 Å². The van der Waals surface area contributed by atoms with Gasteiger partial charge in [-0.15, -0.1) is 10.2 Å². The lowest BCUT2D eigenvalue weighted by Crippen LogP contribution is -2.41. The quantitative estimate of drug-likeness (QED) is 0.704. The zero-order valence-corrected chi connectivity index (χ0v) is 14.5. The highest BCUT2D eigenvalue weighted by Crippen LogP contribution is 2.26. The van der Waals surface area contributed by atoms with Gasteiger partial charge < -0.3 is 18.7 Å². The number of fused-ring (bicyclic) bond motifs is 1. The molecule has 1 amide bonds. The van der Waals surface area contributed by atoms with Crippen LogP contribution in [-0.4, -0.2) is 42.3 Å². The number of carbonyl (C=O) groups excluding carboxylic acids is 1.